The van der Waals surface area contributed by atoms with Crippen LogP contribution in [0.4, 0.5) is 0 Å². The number of aliphatic carboxylic acids is 1. The molecule has 1 aromatic carbocycles. The van der Waals surface area contributed by atoms with Gasteiger partial charge in [-0.25, -0.2) is 4.79 Å². The van der Waals surface area contributed by atoms with Crippen molar-refractivity contribution in [3.05, 3.63) is 49.3 Å². The maximum Gasteiger partial charge on any atom is 0.327 e. The minimum atomic E-state index is -0.981. The summed E-state index contributed by atoms with van der Waals surface area (Å²) in [6.45, 7) is 2.96. The summed E-state index contributed by atoms with van der Waals surface area (Å²) in [5, 5.41) is 10.2. The molecule has 0 aliphatic rings. The average molecular weight is 189 g/mol. The van der Waals surface area contributed by atoms with Crippen LogP contribution >= 0.6 is 0 Å². The molecule has 14 heavy (non-hydrogen) atoms. The molecule has 0 fully saturated rings. The van der Waals surface area contributed by atoms with Crippen LogP contribution in [0.5, 0.6) is 0 Å². The lowest BCUT2D eigenvalue weighted by Gasteiger charge is -1.81. The monoisotopic (exact) mass is 189 g/mol. The maximum atomic E-state index is 9.25. The van der Waals surface area contributed by atoms with Crippen molar-refractivity contribution in [2.75, 3.05) is 0 Å². The normalized spacial score (nSPS) is 8.86. The van der Waals surface area contributed by atoms with E-state index >= 15 is 0 Å². The number of carboxylic acids is 1. The zero-order valence-corrected chi connectivity index (χ0v) is 7.60. The van der Waals surface area contributed by atoms with Crippen molar-refractivity contribution in [1.29, 1.82) is 0 Å². The van der Waals surface area contributed by atoms with E-state index in [9.17, 15) is 4.79 Å². The molecule has 2 N–H and O–H groups in total. The van der Waals surface area contributed by atoms with E-state index in [0.29, 0.717) is 0 Å². The Labute approximate surface area is 81.7 Å². The van der Waals surface area contributed by atoms with E-state index in [4.69, 9.17) is 5.11 Å². The first-order valence-electron chi connectivity index (χ1n) is 4.11. The standard InChI is InChI=1S/C8H7N.C3H4O2/c1-2-4-8-6-9-5-7(8)3-1;1-2-3(4)5/h1-6,9H;2H,1H2,(H,4,5). The van der Waals surface area contributed by atoms with E-state index in [1.165, 1.54) is 10.8 Å². The summed E-state index contributed by atoms with van der Waals surface area (Å²) in [4.78, 5) is 12.3. The fourth-order valence-electron chi connectivity index (χ4n) is 0.995. The molecule has 0 aliphatic heterocycles. The minimum Gasteiger partial charge on any atom is -0.478 e. The van der Waals surface area contributed by atoms with Crippen molar-refractivity contribution in [2.24, 2.45) is 0 Å². The van der Waals surface area contributed by atoms with Gasteiger partial charge in [-0.1, -0.05) is 30.8 Å². The first-order valence-corrected chi connectivity index (χ1v) is 4.11. The average Bonchev–Trinajstić information content (AvgIpc) is 2.66. The zero-order valence-electron chi connectivity index (χ0n) is 7.60. The second-order valence-electron chi connectivity index (χ2n) is 2.63. The topological polar surface area (TPSA) is 53.1 Å². The Kier molecular flexibility index (Phi) is 3.49. The quantitative estimate of drug-likeness (QED) is 0.677. The molecule has 0 amide bonds. The molecule has 0 atom stereocenters. The first kappa shape index (κ1) is 10.1. The number of aromatic nitrogens is 1. The number of carbonyl (C=O) groups is 1. The van der Waals surface area contributed by atoms with Crippen molar-refractivity contribution >= 4 is 16.7 Å². The third-order valence-corrected chi connectivity index (χ3v) is 1.65. The lowest BCUT2D eigenvalue weighted by Crippen LogP contribution is -1.82. The van der Waals surface area contributed by atoms with E-state index in [2.05, 4.69) is 23.7 Å². The van der Waals surface area contributed by atoms with Crippen LogP contribution in [0, 0.1) is 0 Å². The molecular formula is C11H11NO2. The maximum absolute atomic E-state index is 9.25. The predicted molar refractivity (Wildman–Crippen MR) is 56.1 cm³/mol. The molecule has 2 rings (SSSR count). The summed E-state index contributed by atoms with van der Waals surface area (Å²) < 4.78 is 0. The van der Waals surface area contributed by atoms with E-state index in [0.717, 1.165) is 6.08 Å². The van der Waals surface area contributed by atoms with E-state index in [-0.39, 0.29) is 0 Å². The van der Waals surface area contributed by atoms with E-state index < -0.39 is 5.97 Å². The Morgan fingerprint density at radius 2 is 1.71 bits per heavy atom. The zero-order chi connectivity index (χ0) is 10.4. The molecule has 2 aromatic rings. The molecule has 0 radical (unpaired) electrons. The van der Waals surface area contributed by atoms with Crippen LogP contribution < -0.4 is 0 Å². The molecule has 0 spiro atoms. The molecule has 1 heterocycles. The summed E-state index contributed by atoms with van der Waals surface area (Å²) >= 11 is 0. The molecule has 0 saturated carbocycles. The Bertz CT molecular complexity index is 401. The van der Waals surface area contributed by atoms with Crippen LogP contribution in [-0.2, 0) is 4.79 Å². The Morgan fingerprint density at radius 1 is 1.29 bits per heavy atom. The molecule has 3 heteroatoms. The highest BCUT2D eigenvalue weighted by Gasteiger charge is 1.86. The van der Waals surface area contributed by atoms with Gasteiger partial charge in [0, 0.05) is 18.5 Å². The van der Waals surface area contributed by atoms with Crippen LogP contribution in [0.25, 0.3) is 10.8 Å². The van der Waals surface area contributed by atoms with Gasteiger partial charge < -0.3 is 10.1 Å². The SMILES string of the molecule is C=CC(=O)O.c1ccc2c[nH]cc2c1. The lowest BCUT2D eigenvalue weighted by atomic mass is 10.2. The third-order valence-electron chi connectivity index (χ3n) is 1.65. The summed E-state index contributed by atoms with van der Waals surface area (Å²) in [7, 11) is 0. The molecular weight excluding hydrogens is 178 g/mol. The van der Waals surface area contributed by atoms with Gasteiger partial charge in [0.05, 0.1) is 0 Å². The number of rotatable bonds is 1. The van der Waals surface area contributed by atoms with Gasteiger partial charge in [0.2, 0.25) is 0 Å². The predicted octanol–water partition coefficient (Wildman–Crippen LogP) is 2.42. The lowest BCUT2D eigenvalue weighted by molar-refractivity contribution is -0.131. The van der Waals surface area contributed by atoms with E-state index in [1.54, 1.807) is 0 Å². The number of aromatic amines is 1. The van der Waals surface area contributed by atoms with Gasteiger partial charge in [-0.05, 0) is 10.8 Å². The number of fused-ring (bicyclic) bond motifs is 1. The fourth-order valence-corrected chi connectivity index (χ4v) is 0.995. The summed E-state index contributed by atoms with van der Waals surface area (Å²) in [6, 6.07) is 8.25. The Balaban J connectivity index is 0.000000171. The fraction of sp³-hybridized carbons (Fsp3) is 0. The van der Waals surface area contributed by atoms with Crippen molar-refractivity contribution in [2.45, 2.75) is 0 Å². The second kappa shape index (κ2) is 4.87. The van der Waals surface area contributed by atoms with Gasteiger partial charge in [0.25, 0.3) is 0 Å². The highest BCUT2D eigenvalue weighted by molar-refractivity contribution is 5.81. The van der Waals surface area contributed by atoms with E-state index in [1.807, 2.05) is 24.5 Å². The number of benzene rings is 1. The van der Waals surface area contributed by atoms with Crippen LogP contribution in [0.15, 0.2) is 49.3 Å². The van der Waals surface area contributed by atoms with Gasteiger partial charge in [-0.3, -0.25) is 0 Å². The number of nitrogens with one attached hydrogen (secondary N) is 1. The van der Waals surface area contributed by atoms with Crippen molar-refractivity contribution in [3.63, 3.8) is 0 Å². The molecule has 0 unspecified atom stereocenters. The van der Waals surface area contributed by atoms with Gasteiger partial charge in [-0.2, -0.15) is 0 Å². The first-order chi connectivity index (χ1) is 6.74. The van der Waals surface area contributed by atoms with Crippen LogP contribution in [0.2, 0.25) is 0 Å². The molecule has 0 saturated heterocycles. The highest BCUT2D eigenvalue weighted by atomic mass is 16.4. The second-order valence-corrected chi connectivity index (χ2v) is 2.63. The minimum absolute atomic E-state index is 0.833. The van der Waals surface area contributed by atoms with Gasteiger partial charge in [-0.15, -0.1) is 0 Å². The molecule has 3 nitrogen and oxygen atoms in total. The summed E-state index contributed by atoms with van der Waals surface area (Å²) in [6.07, 6.45) is 4.82. The molecule has 1 aromatic heterocycles. The van der Waals surface area contributed by atoms with Crippen molar-refractivity contribution in [1.82, 2.24) is 4.98 Å². The van der Waals surface area contributed by atoms with Gasteiger partial charge >= 0.3 is 5.97 Å². The molecule has 0 aliphatic carbocycles. The smallest absolute Gasteiger partial charge is 0.327 e. The van der Waals surface area contributed by atoms with Crippen molar-refractivity contribution < 1.29 is 9.90 Å². The number of H-pyrrole nitrogens is 1. The largest absolute Gasteiger partial charge is 0.478 e. The van der Waals surface area contributed by atoms with Crippen LogP contribution in [0.1, 0.15) is 0 Å². The Morgan fingerprint density at radius 3 is 2.07 bits per heavy atom. The van der Waals surface area contributed by atoms with Gasteiger partial charge in [0.15, 0.2) is 0 Å². The van der Waals surface area contributed by atoms with Gasteiger partial charge in [0.1, 0.15) is 0 Å². The highest BCUT2D eigenvalue weighted by Crippen LogP contribution is 2.10. The van der Waals surface area contributed by atoms with Crippen LogP contribution in [-0.4, -0.2) is 16.1 Å². The van der Waals surface area contributed by atoms with Crippen molar-refractivity contribution in [3.8, 4) is 0 Å². The third kappa shape index (κ3) is 2.79. The number of carboxylic acid groups (broad SMARTS) is 1. The summed E-state index contributed by atoms with van der Waals surface area (Å²) in [5.74, 6) is -0.981. The Hall–Kier alpha value is -2.03. The molecule has 0 bridgehead atoms. The molecule has 72 valence electrons. The summed E-state index contributed by atoms with van der Waals surface area (Å²) in [5.41, 5.74) is 0. The van der Waals surface area contributed by atoms with Crippen LogP contribution in [0.3, 0.4) is 0 Å². The number of hydrogen-bond acceptors (Lipinski definition) is 1. The number of hydrogen-bond donors (Lipinski definition) is 2.